The number of likely N-dealkylation sites (N-methyl/N-ethyl adjacent to an activating group) is 1. The summed E-state index contributed by atoms with van der Waals surface area (Å²) in [6.07, 6.45) is -9.62. The van der Waals surface area contributed by atoms with Crippen molar-refractivity contribution in [2.45, 2.75) is 19.6 Å². The first-order valence-electron chi connectivity index (χ1n) is 13.9. The number of ether oxygens (including phenoxy) is 3. The smallest absolute Gasteiger partial charge is 0.404 e. The minimum absolute atomic E-state index is 0.0697. The normalized spacial score (nSPS) is 16.4. The van der Waals surface area contributed by atoms with Crippen molar-refractivity contribution < 1.29 is 40.6 Å². The Bertz CT molecular complexity index is 1290. The van der Waals surface area contributed by atoms with Gasteiger partial charge in [0.2, 0.25) is 0 Å². The molecule has 0 aliphatic carbocycles. The minimum atomic E-state index is -4.82. The van der Waals surface area contributed by atoms with Crippen LogP contribution in [0.4, 0.5) is 37.7 Å². The monoisotopic (exact) mass is 628 g/mol. The van der Waals surface area contributed by atoms with Gasteiger partial charge < -0.3 is 28.9 Å². The van der Waals surface area contributed by atoms with E-state index in [9.17, 15) is 36.9 Å². The second-order valence-electron chi connectivity index (χ2n) is 9.86. The van der Waals surface area contributed by atoms with Crippen LogP contribution in [0.2, 0.25) is 0 Å². The fourth-order valence-corrected chi connectivity index (χ4v) is 4.95. The first kappa shape index (κ1) is 34.6. The number of piperazine rings is 2. The van der Waals surface area contributed by atoms with E-state index in [0.717, 1.165) is 51.4 Å². The molecule has 0 spiro atoms. The van der Waals surface area contributed by atoms with Gasteiger partial charge in [0.05, 0.1) is 18.0 Å². The van der Waals surface area contributed by atoms with Gasteiger partial charge >= 0.3 is 12.7 Å². The summed E-state index contributed by atoms with van der Waals surface area (Å²) < 4.78 is 87.4. The van der Waals surface area contributed by atoms with Crippen LogP contribution >= 0.6 is 0 Å². The molecule has 2 saturated heterocycles. The van der Waals surface area contributed by atoms with E-state index in [-0.39, 0.29) is 11.1 Å². The van der Waals surface area contributed by atoms with Crippen molar-refractivity contribution in [3.05, 3.63) is 47.5 Å². The molecule has 44 heavy (non-hydrogen) atoms. The third-order valence-electron chi connectivity index (χ3n) is 7.17. The highest BCUT2D eigenvalue weighted by Gasteiger charge is 2.34. The molecule has 2 heterocycles. The quantitative estimate of drug-likeness (QED) is 0.382. The zero-order chi connectivity index (χ0) is 32.3. The molecule has 0 unspecified atom stereocenters. The van der Waals surface area contributed by atoms with E-state index < -0.39 is 24.2 Å². The molecule has 2 aliphatic heterocycles. The third kappa shape index (κ3) is 10.1. The van der Waals surface area contributed by atoms with Gasteiger partial charge in [0, 0.05) is 66.0 Å². The molecular formula is C29H34F6N6O3. The number of benzene rings is 2. The first-order chi connectivity index (χ1) is 20.9. The summed E-state index contributed by atoms with van der Waals surface area (Å²) in [5.74, 6) is -0.903. The van der Waals surface area contributed by atoms with Gasteiger partial charge in [-0.05, 0) is 30.8 Å². The highest BCUT2D eigenvalue weighted by molar-refractivity contribution is 5.66. The minimum Gasteiger partial charge on any atom is -0.404 e. The molecule has 0 N–H and O–H groups in total. The predicted octanol–water partition coefficient (Wildman–Crippen LogP) is 4.82. The zero-order valence-corrected chi connectivity index (χ0v) is 24.4. The average molecular weight is 629 g/mol. The van der Waals surface area contributed by atoms with Crippen LogP contribution in [0.3, 0.4) is 0 Å². The van der Waals surface area contributed by atoms with E-state index in [4.69, 9.17) is 4.74 Å². The highest BCUT2D eigenvalue weighted by atomic mass is 19.4. The fourth-order valence-electron chi connectivity index (χ4n) is 4.95. The molecule has 9 nitrogen and oxygen atoms in total. The molecule has 240 valence electrons. The highest BCUT2D eigenvalue weighted by Crippen LogP contribution is 2.34. The van der Waals surface area contributed by atoms with Crippen LogP contribution in [0.5, 0.6) is 11.5 Å². The Kier molecular flexibility index (Phi) is 12.3. The SMILES string of the molecule is CCN1CCN(c2cccc(OC(F)(F)F)c2C#N)CC1.COCCN1CCN(c2cccc(OC(F)(F)F)c2C#N)CC1. The summed E-state index contributed by atoms with van der Waals surface area (Å²) >= 11 is 0. The summed E-state index contributed by atoms with van der Waals surface area (Å²) in [6.45, 7) is 10.3. The number of anilines is 2. The number of nitrogens with zero attached hydrogens (tertiary/aromatic N) is 6. The first-order valence-corrected chi connectivity index (χ1v) is 13.9. The van der Waals surface area contributed by atoms with Gasteiger partial charge in [-0.1, -0.05) is 19.1 Å². The summed E-state index contributed by atoms with van der Waals surface area (Å²) in [6, 6.07) is 12.2. The maximum atomic E-state index is 12.4. The van der Waals surface area contributed by atoms with Gasteiger partial charge in [-0.2, -0.15) is 10.5 Å². The fraction of sp³-hybridized carbons (Fsp3) is 0.517. The predicted molar refractivity (Wildman–Crippen MR) is 151 cm³/mol. The number of hydrogen-bond acceptors (Lipinski definition) is 9. The summed E-state index contributed by atoms with van der Waals surface area (Å²) in [4.78, 5) is 8.29. The van der Waals surface area contributed by atoms with Crippen molar-refractivity contribution in [1.82, 2.24) is 9.80 Å². The molecule has 2 aromatic carbocycles. The van der Waals surface area contributed by atoms with Crippen molar-refractivity contribution in [3.63, 3.8) is 0 Å². The summed E-state index contributed by atoms with van der Waals surface area (Å²) in [5, 5.41) is 18.4. The van der Waals surface area contributed by atoms with Crippen molar-refractivity contribution in [2.24, 2.45) is 0 Å². The standard InChI is InChI=1S/C15H18F3N3O2.C14H16F3N3O/c1-22-10-9-20-5-7-21(8-6-20)13-3-2-4-14(12(13)11-19)23-15(16,17)18;1-2-19-6-8-20(9-7-19)12-4-3-5-13(11(12)10-18)21-14(15,16)17/h2-4H,5-10H2,1H3;3-5H,2,6-9H2,1H3. The Hall–Kier alpha value is -3.92. The van der Waals surface area contributed by atoms with Gasteiger partial charge in [0.1, 0.15) is 34.8 Å². The number of rotatable bonds is 8. The Morgan fingerprint density at radius 1 is 0.682 bits per heavy atom. The molecule has 0 aromatic heterocycles. The number of methoxy groups -OCH3 is 1. The topological polar surface area (TPSA) is 88.2 Å². The van der Waals surface area contributed by atoms with Crippen molar-refractivity contribution in [1.29, 1.82) is 10.5 Å². The number of hydrogen-bond donors (Lipinski definition) is 0. The second-order valence-corrected chi connectivity index (χ2v) is 9.86. The van der Waals surface area contributed by atoms with Gasteiger partial charge in [-0.15, -0.1) is 26.3 Å². The van der Waals surface area contributed by atoms with E-state index in [1.54, 1.807) is 19.2 Å². The van der Waals surface area contributed by atoms with Crippen LogP contribution in [0, 0.1) is 22.7 Å². The number of halogens is 6. The lowest BCUT2D eigenvalue weighted by molar-refractivity contribution is -0.275. The number of alkyl halides is 6. The van der Waals surface area contributed by atoms with Crippen LogP contribution in [0.25, 0.3) is 0 Å². The van der Waals surface area contributed by atoms with E-state index in [1.807, 2.05) is 21.9 Å². The van der Waals surface area contributed by atoms with Crippen LogP contribution in [0.1, 0.15) is 18.1 Å². The molecule has 0 bridgehead atoms. The van der Waals surface area contributed by atoms with Crippen molar-refractivity contribution in [3.8, 4) is 23.6 Å². The van der Waals surface area contributed by atoms with Crippen LogP contribution in [-0.4, -0.2) is 102 Å². The second kappa shape index (κ2) is 15.7. The maximum absolute atomic E-state index is 12.4. The van der Waals surface area contributed by atoms with Crippen molar-refractivity contribution >= 4 is 11.4 Å². The Labute approximate surface area is 252 Å². The van der Waals surface area contributed by atoms with Gasteiger partial charge in [-0.3, -0.25) is 4.90 Å². The zero-order valence-electron chi connectivity index (χ0n) is 24.4. The van der Waals surface area contributed by atoms with Gasteiger partial charge in [0.25, 0.3) is 0 Å². The molecule has 2 aromatic rings. The largest absolute Gasteiger partial charge is 0.573 e. The van der Waals surface area contributed by atoms with Crippen molar-refractivity contribution in [2.75, 3.05) is 89.0 Å². The Balaban J connectivity index is 0.000000241. The maximum Gasteiger partial charge on any atom is 0.573 e. The van der Waals surface area contributed by atoms with Crippen LogP contribution < -0.4 is 19.3 Å². The lowest BCUT2D eigenvalue weighted by Gasteiger charge is -2.36. The molecule has 2 fully saturated rings. The molecule has 15 heteroatoms. The van der Waals surface area contributed by atoms with Gasteiger partial charge in [-0.25, -0.2) is 0 Å². The average Bonchev–Trinajstić information content (AvgIpc) is 2.99. The number of nitriles is 2. The lowest BCUT2D eigenvalue weighted by Crippen LogP contribution is -2.47. The Morgan fingerprint density at radius 3 is 1.43 bits per heavy atom. The van der Waals surface area contributed by atoms with E-state index >= 15 is 0 Å². The van der Waals surface area contributed by atoms with Crippen LogP contribution in [0.15, 0.2) is 36.4 Å². The third-order valence-corrected chi connectivity index (χ3v) is 7.17. The summed E-state index contributed by atoms with van der Waals surface area (Å²) in [5.41, 5.74) is 0.811. The van der Waals surface area contributed by atoms with Crippen LogP contribution in [-0.2, 0) is 4.74 Å². The lowest BCUT2D eigenvalue weighted by atomic mass is 10.1. The molecular weight excluding hydrogens is 594 g/mol. The molecule has 0 saturated carbocycles. The summed E-state index contributed by atoms with van der Waals surface area (Å²) in [7, 11) is 1.64. The van der Waals surface area contributed by atoms with Gasteiger partial charge in [0.15, 0.2) is 0 Å². The van der Waals surface area contributed by atoms with E-state index in [0.29, 0.717) is 44.2 Å². The Morgan fingerprint density at radius 2 is 1.09 bits per heavy atom. The molecule has 0 amide bonds. The van der Waals surface area contributed by atoms with E-state index in [1.165, 1.54) is 12.1 Å². The molecule has 2 aliphatic rings. The molecule has 0 radical (unpaired) electrons. The molecule has 0 atom stereocenters. The van der Waals surface area contributed by atoms with E-state index in [2.05, 4.69) is 26.2 Å². The molecule has 4 rings (SSSR count).